The van der Waals surface area contributed by atoms with E-state index in [0.717, 1.165) is 27.8 Å². The zero-order valence-corrected chi connectivity index (χ0v) is 20.9. The van der Waals surface area contributed by atoms with Gasteiger partial charge in [0.25, 0.3) is 0 Å². The number of hydrogen-bond donors (Lipinski definition) is 7. The van der Waals surface area contributed by atoms with E-state index >= 15 is 0 Å². The van der Waals surface area contributed by atoms with Gasteiger partial charge in [0.2, 0.25) is 0 Å². The first-order valence-corrected chi connectivity index (χ1v) is 12.5. The second kappa shape index (κ2) is 16.3. The molecule has 0 spiro atoms. The summed E-state index contributed by atoms with van der Waals surface area (Å²) >= 11 is 1.60. The summed E-state index contributed by atoms with van der Waals surface area (Å²) in [5.74, 6) is -2.03. The summed E-state index contributed by atoms with van der Waals surface area (Å²) in [6, 6.07) is 14.8. The lowest BCUT2D eigenvalue weighted by Crippen LogP contribution is -2.32. The first kappa shape index (κ1) is 30.7. The standard InChI is InChI=1S/C11H12N2O2.C9H11NO2.C5H11NO2S/c12-9(11(14)15)5-7-6-13-10-4-2-1-3-8(7)10;10-8(9(11)12)6-7-4-2-1-3-5-7;1-9-3-2-4(6)5(7)8/h1-4,6,9,13H,5,12H2,(H,14,15);1-5,8H,6,10H2,(H,11,12);4H,2-3,6H2,1H3,(H,7,8)/t9-;8-;4-/m000/s1. The maximum atomic E-state index is 10.6. The van der Waals surface area contributed by atoms with Gasteiger partial charge in [-0.2, -0.15) is 11.8 Å². The summed E-state index contributed by atoms with van der Waals surface area (Å²) in [5, 5.41) is 26.5. The van der Waals surface area contributed by atoms with Crippen LogP contribution < -0.4 is 17.2 Å². The SMILES string of the molecule is CSCC[C@H](N)C(=O)O.N[C@@H](Cc1c[nH]c2ccccc12)C(=O)O.N[C@@H](Cc1ccccc1)C(=O)O. The molecular formula is C25H34N4O6S. The van der Waals surface area contributed by atoms with E-state index < -0.39 is 36.0 Å². The van der Waals surface area contributed by atoms with Crippen LogP contribution in [0.15, 0.2) is 60.8 Å². The highest BCUT2D eigenvalue weighted by molar-refractivity contribution is 7.98. The number of aliphatic carboxylic acids is 3. The molecule has 196 valence electrons. The summed E-state index contributed by atoms with van der Waals surface area (Å²) < 4.78 is 0. The lowest BCUT2D eigenvalue weighted by molar-refractivity contribution is -0.139. The third kappa shape index (κ3) is 11.4. The van der Waals surface area contributed by atoms with Crippen LogP contribution in [0.1, 0.15) is 17.5 Å². The molecule has 3 atom stereocenters. The van der Waals surface area contributed by atoms with Crippen LogP contribution in [-0.4, -0.2) is 68.3 Å². The van der Waals surface area contributed by atoms with E-state index in [1.807, 2.05) is 67.0 Å². The molecule has 0 aliphatic heterocycles. The Labute approximate surface area is 213 Å². The van der Waals surface area contributed by atoms with Crippen molar-refractivity contribution in [2.75, 3.05) is 12.0 Å². The predicted octanol–water partition coefficient (Wildman–Crippen LogP) is 1.91. The molecule has 0 bridgehead atoms. The number of aromatic nitrogens is 1. The molecule has 0 saturated heterocycles. The summed E-state index contributed by atoms with van der Waals surface area (Å²) in [4.78, 5) is 34.2. The van der Waals surface area contributed by atoms with Crippen LogP contribution in [-0.2, 0) is 27.2 Å². The van der Waals surface area contributed by atoms with E-state index in [1.54, 1.807) is 11.8 Å². The number of thioether (sulfide) groups is 1. The minimum atomic E-state index is -0.972. The van der Waals surface area contributed by atoms with Crippen LogP contribution >= 0.6 is 11.8 Å². The fourth-order valence-electron chi connectivity index (χ4n) is 2.95. The summed E-state index contributed by atoms with van der Waals surface area (Å²) in [7, 11) is 0. The lowest BCUT2D eigenvalue weighted by Gasteiger charge is -2.04. The monoisotopic (exact) mass is 518 g/mol. The molecule has 10 N–H and O–H groups in total. The van der Waals surface area contributed by atoms with Gasteiger partial charge in [-0.3, -0.25) is 14.4 Å². The summed E-state index contributed by atoms with van der Waals surface area (Å²) in [6.45, 7) is 0. The maximum absolute atomic E-state index is 10.6. The molecule has 2 aromatic carbocycles. The maximum Gasteiger partial charge on any atom is 0.320 e. The van der Waals surface area contributed by atoms with Crippen LogP contribution in [0, 0.1) is 0 Å². The number of nitrogens with two attached hydrogens (primary N) is 3. The Morgan fingerprint density at radius 1 is 0.806 bits per heavy atom. The number of hydrogen-bond acceptors (Lipinski definition) is 7. The molecule has 36 heavy (non-hydrogen) atoms. The van der Waals surface area contributed by atoms with Crippen molar-refractivity contribution < 1.29 is 29.7 Å². The largest absolute Gasteiger partial charge is 0.480 e. The highest BCUT2D eigenvalue weighted by Crippen LogP contribution is 2.18. The van der Waals surface area contributed by atoms with Gasteiger partial charge in [-0.05, 0) is 42.0 Å². The second-order valence-electron chi connectivity index (χ2n) is 7.87. The number of rotatable bonds is 10. The van der Waals surface area contributed by atoms with Gasteiger partial charge in [-0.15, -0.1) is 0 Å². The van der Waals surface area contributed by atoms with Crippen LogP contribution in [0.4, 0.5) is 0 Å². The number of nitrogens with one attached hydrogen (secondary N) is 1. The number of carboxylic acids is 3. The van der Waals surface area contributed by atoms with Crippen LogP contribution in [0.25, 0.3) is 10.9 Å². The Morgan fingerprint density at radius 3 is 1.89 bits per heavy atom. The predicted molar refractivity (Wildman–Crippen MR) is 142 cm³/mol. The van der Waals surface area contributed by atoms with E-state index in [-0.39, 0.29) is 0 Å². The molecule has 0 aliphatic carbocycles. The van der Waals surface area contributed by atoms with Crippen molar-refractivity contribution in [3.63, 3.8) is 0 Å². The van der Waals surface area contributed by atoms with Crippen LogP contribution in [0.2, 0.25) is 0 Å². The van der Waals surface area contributed by atoms with Gasteiger partial charge in [0.05, 0.1) is 0 Å². The first-order valence-electron chi connectivity index (χ1n) is 11.1. The number of H-pyrrole nitrogens is 1. The highest BCUT2D eigenvalue weighted by atomic mass is 32.2. The smallest absolute Gasteiger partial charge is 0.320 e. The molecule has 0 unspecified atom stereocenters. The Kier molecular flexibility index (Phi) is 13.9. The minimum absolute atomic E-state index is 0.347. The lowest BCUT2D eigenvalue weighted by atomic mass is 10.1. The van der Waals surface area contributed by atoms with Crippen LogP contribution in [0.3, 0.4) is 0 Å². The third-order valence-corrected chi connectivity index (χ3v) is 5.64. The zero-order valence-electron chi connectivity index (χ0n) is 20.0. The first-order chi connectivity index (χ1) is 17.1. The van der Waals surface area contributed by atoms with E-state index in [9.17, 15) is 14.4 Å². The number of carbonyl (C=O) groups is 3. The molecule has 3 aromatic rings. The molecule has 0 aliphatic rings. The van der Waals surface area contributed by atoms with Crippen molar-refractivity contribution in [2.45, 2.75) is 37.4 Å². The minimum Gasteiger partial charge on any atom is -0.480 e. The molecule has 1 heterocycles. The van der Waals surface area contributed by atoms with Gasteiger partial charge < -0.3 is 37.5 Å². The molecule has 0 radical (unpaired) electrons. The van der Waals surface area contributed by atoms with Gasteiger partial charge in [0, 0.05) is 23.5 Å². The average molecular weight is 519 g/mol. The average Bonchev–Trinajstić information content (AvgIpc) is 3.26. The van der Waals surface area contributed by atoms with Crippen LogP contribution in [0.5, 0.6) is 0 Å². The van der Waals surface area contributed by atoms with Crippen molar-refractivity contribution in [1.29, 1.82) is 0 Å². The molecule has 11 heteroatoms. The molecule has 0 saturated carbocycles. The van der Waals surface area contributed by atoms with Crippen molar-refractivity contribution >= 4 is 40.6 Å². The van der Waals surface area contributed by atoms with Crippen molar-refractivity contribution in [1.82, 2.24) is 4.98 Å². The number of para-hydroxylation sites is 1. The number of aromatic amines is 1. The number of benzene rings is 2. The van der Waals surface area contributed by atoms with Gasteiger partial charge in [0.15, 0.2) is 0 Å². The normalized spacial score (nSPS) is 12.8. The Hall–Kier alpha value is -3.38. The van der Waals surface area contributed by atoms with Crippen molar-refractivity contribution in [3.8, 4) is 0 Å². The topological polar surface area (TPSA) is 206 Å². The third-order valence-electron chi connectivity index (χ3n) is 5.00. The number of carboxylic acid groups (broad SMARTS) is 3. The summed E-state index contributed by atoms with van der Waals surface area (Å²) in [5.41, 5.74) is 18.9. The quantitative estimate of drug-likeness (QED) is 0.207. The fraction of sp³-hybridized carbons (Fsp3) is 0.320. The second-order valence-corrected chi connectivity index (χ2v) is 8.85. The fourth-order valence-corrected chi connectivity index (χ4v) is 3.44. The van der Waals surface area contributed by atoms with E-state index in [0.29, 0.717) is 19.3 Å². The van der Waals surface area contributed by atoms with E-state index in [2.05, 4.69) is 4.98 Å². The van der Waals surface area contributed by atoms with Crippen molar-refractivity contribution in [2.24, 2.45) is 17.2 Å². The van der Waals surface area contributed by atoms with E-state index in [4.69, 9.17) is 32.5 Å². The molecule has 1 aromatic heterocycles. The Balaban J connectivity index is 0.000000280. The highest BCUT2D eigenvalue weighted by Gasteiger charge is 2.14. The molecule has 10 nitrogen and oxygen atoms in total. The molecule has 0 fully saturated rings. The molecule has 3 rings (SSSR count). The van der Waals surface area contributed by atoms with Gasteiger partial charge in [-0.25, -0.2) is 0 Å². The van der Waals surface area contributed by atoms with Gasteiger partial charge >= 0.3 is 17.9 Å². The molecule has 0 amide bonds. The van der Waals surface area contributed by atoms with Gasteiger partial charge in [0.1, 0.15) is 18.1 Å². The Bertz CT molecular complexity index is 1090. The Morgan fingerprint density at radius 2 is 1.33 bits per heavy atom. The van der Waals surface area contributed by atoms with E-state index in [1.165, 1.54) is 0 Å². The zero-order chi connectivity index (χ0) is 27.1. The number of fused-ring (bicyclic) bond motifs is 1. The van der Waals surface area contributed by atoms with Gasteiger partial charge in [-0.1, -0.05) is 48.5 Å². The molecular weight excluding hydrogens is 484 g/mol. The summed E-state index contributed by atoms with van der Waals surface area (Å²) in [6.07, 6.45) is 5.02. The van der Waals surface area contributed by atoms with Crippen molar-refractivity contribution in [3.05, 3.63) is 71.9 Å².